The van der Waals surface area contributed by atoms with Crippen LogP contribution in [0, 0.1) is 0 Å². The van der Waals surface area contributed by atoms with E-state index in [-0.39, 0.29) is 0 Å². The van der Waals surface area contributed by atoms with Gasteiger partial charge in [0.05, 0.1) is 11.6 Å². The Morgan fingerprint density at radius 1 is 1.44 bits per heavy atom. The van der Waals surface area contributed by atoms with E-state index in [2.05, 4.69) is 30.4 Å². The monoisotopic (exact) mass is 250 g/mol. The first-order chi connectivity index (χ1) is 8.76. The highest BCUT2D eigenvalue weighted by atomic mass is 16.5. The summed E-state index contributed by atoms with van der Waals surface area (Å²) >= 11 is 0. The Labute approximate surface area is 106 Å². The summed E-state index contributed by atoms with van der Waals surface area (Å²) in [5, 5.41) is 10.7. The van der Waals surface area contributed by atoms with Gasteiger partial charge >= 0.3 is 0 Å². The Balaban J connectivity index is 2.27. The molecule has 0 saturated heterocycles. The highest BCUT2D eigenvalue weighted by molar-refractivity contribution is 5.87. The number of rotatable bonds is 6. The third-order valence-corrected chi connectivity index (χ3v) is 2.72. The number of aromatic amines is 1. The molecule has 2 aromatic rings. The molecule has 7 nitrogen and oxygen atoms in total. The Morgan fingerprint density at radius 3 is 3.00 bits per heavy atom. The predicted molar refractivity (Wildman–Crippen MR) is 71.0 cm³/mol. The lowest BCUT2D eigenvalue weighted by atomic mass is 10.3. The Kier molecular flexibility index (Phi) is 3.93. The Hall–Kier alpha value is -1.89. The van der Waals surface area contributed by atoms with Crippen molar-refractivity contribution in [2.75, 3.05) is 44.6 Å². The van der Waals surface area contributed by atoms with E-state index in [1.165, 1.54) is 0 Å². The van der Waals surface area contributed by atoms with Crippen LogP contribution in [0.1, 0.15) is 6.42 Å². The summed E-state index contributed by atoms with van der Waals surface area (Å²) in [6.07, 6.45) is 2.70. The molecule has 0 aliphatic rings. The van der Waals surface area contributed by atoms with Gasteiger partial charge in [-0.15, -0.1) is 0 Å². The highest BCUT2D eigenvalue weighted by Gasteiger charge is 2.12. The van der Waals surface area contributed by atoms with E-state index in [1.807, 2.05) is 7.05 Å². The molecule has 0 spiro atoms. The fourth-order valence-corrected chi connectivity index (χ4v) is 1.77. The second-order valence-electron chi connectivity index (χ2n) is 4.02. The van der Waals surface area contributed by atoms with Gasteiger partial charge in [0.15, 0.2) is 5.65 Å². The van der Waals surface area contributed by atoms with E-state index in [0.717, 1.165) is 36.4 Å². The third-order valence-electron chi connectivity index (χ3n) is 2.72. The number of anilines is 2. The first-order valence-corrected chi connectivity index (χ1v) is 5.85. The second-order valence-corrected chi connectivity index (χ2v) is 4.02. The molecule has 0 aliphatic carbocycles. The van der Waals surface area contributed by atoms with Gasteiger partial charge in [0.1, 0.15) is 5.82 Å². The fourth-order valence-electron chi connectivity index (χ4n) is 1.77. The summed E-state index contributed by atoms with van der Waals surface area (Å²) in [7, 11) is 5.51. The van der Waals surface area contributed by atoms with Crippen LogP contribution in [-0.4, -0.2) is 54.5 Å². The number of hydrogen-bond acceptors (Lipinski definition) is 6. The van der Waals surface area contributed by atoms with Crippen LogP contribution in [0.2, 0.25) is 0 Å². The largest absolute Gasteiger partial charge is 0.385 e. The third kappa shape index (κ3) is 2.51. The van der Waals surface area contributed by atoms with Crippen molar-refractivity contribution in [3.63, 3.8) is 0 Å². The van der Waals surface area contributed by atoms with Gasteiger partial charge < -0.3 is 15.0 Å². The van der Waals surface area contributed by atoms with Crippen molar-refractivity contribution in [1.29, 1.82) is 0 Å². The summed E-state index contributed by atoms with van der Waals surface area (Å²) < 4.78 is 5.06. The number of aromatic nitrogens is 4. The van der Waals surface area contributed by atoms with Crippen molar-refractivity contribution in [3.05, 3.63) is 6.20 Å². The molecule has 2 aromatic heterocycles. The van der Waals surface area contributed by atoms with Crippen LogP contribution in [0.4, 0.5) is 11.8 Å². The molecular weight excluding hydrogens is 232 g/mol. The summed E-state index contributed by atoms with van der Waals surface area (Å²) in [5.41, 5.74) is 0.739. The number of fused-ring (bicyclic) bond motifs is 1. The molecule has 2 heterocycles. The number of ether oxygens (including phenoxy) is 1. The van der Waals surface area contributed by atoms with E-state index >= 15 is 0 Å². The van der Waals surface area contributed by atoms with Gasteiger partial charge in [-0.1, -0.05) is 0 Å². The smallest absolute Gasteiger partial charge is 0.226 e. The molecule has 2 rings (SSSR count). The summed E-state index contributed by atoms with van der Waals surface area (Å²) in [4.78, 5) is 10.9. The molecule has 0 radical (unpaired) electrons. The number of H-pyrrole nitrogens is 1. The van der Waals surface area contributed by atoms with E-state index in [1.54, 1.807) is 20.4 Å². The lowest BCUT2D eigenvalue weighted by Gasteiger charge is -2.19. The Morgan fingerprint density at radius 2 is 2.28 bits per heavy atom. The molecule has 0 aromatic carbocycles. The maximum absolute atomic E-state index is 5.06. The topological polar surface area (TPSA) is 79.0 Å². The zero-order valence-corrected chi connectivity index (χ0v) is 10.9. The van der Waals surface area contributed by atoms with Crippen molar-refractivity contribution in [3.8, 4) is 0 Å². The minimum Gasteiger partial charge on any atom is -0.385 e. The molecule has 0 saturated carbocycles. The van der Waals surface area contributed by atoms with Crippen LogP contribution < -0.4 is 10.2 Å². The predicted octanol–water partition coefficient (Wildman–Crippen LogP) is 0.867. The first-order valence-electron chi connectivity index (χ1n) is 5.85. The molecule has 0 unspecified atom stereocenters. The summed E-state index contributed by atoms with van der Waals surface area (Å²) in [6, 6.07) is 0. The zero-order chi connectivity index (χ0) is 13.0. The van der Waals surface area contributed by atoms with Crippen molar-refractivity contribution >= 4 is 22.8 Å². The quantitative estimate of drug-likeness (QED) is 0.740. The average molecular weight is 250 g/mol. The van der Waals surface area contributed by atoms with Crippen LogP contribution in [0.15, 0.2) is 6.20 Å². The van der Waals surface area contributed by atoms with Gasteiger partial charge in [-0.3, -0.25) is 5.10 Å². The van der Waals surface area contributed by atoms with Crippen molar-refractivity contribution in [2.24, 2.45) is 0 Å². The van der Waals surface area contributed by atoms with Crippen molar-refractivity contribution in [1.82, 2.24) is 20.2 Å². The van der Waals surface area contributed by atoms with Gasteiger partial charge in [-0.2, -0.15) is 15.1 Å². The van der Waals surface area contributed by atoms with Crippen LogP contribution in [0.3, 0.4) is 0 Å². The molecular formula is C11H18N6O. The molecule has 0 bridgehead atoms. The molecule has 0 aliphatic heterocycles. The van der Waals surface area contributed by atoms with Gasteiger partial charge in [0, 0.05) is 34.4 Å². The normalized spacial score (nSPS) is 10.8. The summed E-state index contributed by atoms with van der Waals surface area (Å²) in [5.74, 6) is 1.45. The fraction of sp³-hybridized carbons (Fsp3) is 0.545. The molecule has 7 heteroatoms. The molecule has 0 fully saturated rings. The van der Waals surface area contributed by atoms with E-state index < -0.39 is 0 Å². The number of nitrogens with zero attached hydrogens (tertiary/aromatic N) is 4. The van der Waals surface area contributed by atoms with Gasteiger partial charge in [-0.05, 0) is 6.42 Å². The second kappa shape index (κ2) is 5.63. The number of nitrogens with one attached hydrogen (secondary N) is 2. The highest BCUT2D eigenvalue weighted by Crippen LogP contribution is 2.22. The zero-order valence-electron chi connectivity index (χ0n) is 10.9. The van der Waals surface area contributed by atoms with Crippen LogP contribution in [0.25, 0.3) is 11.0 Å². The van der Waals surface area contributed by atoms with Crippen molar-refractivity contribution < 1.29 is 4.74 Å². The van der Waals surface area contributed by atoms with Crippen LogP contribution >= 0.6 is 0 Å². The van der Waals surface area contributed by atoms with Gasteiger partial charge in [0.25, 0.3) is 0 Å². The van der Waals surface area contributed by atoms with Crippen LogP contribution in [0.5, 0.6) is 0 Å². The molecule has 2 N–H and O–H groups in total. The molecule has 18 heavy (non-hydrogen) atoms. The molecule has 98 valence electrons. The maximum Gasteiger partial charge on any atom is 0.226 e. The average Bonchev–Trinajstić information content (AvgIpc) is 2.85. The number of methoxy groups -OCH3 is 1. The Bertz CT molecular complexity index is 511. The van der Waals surface area contributed by atoms with E-state index in [0.29, 0.717) is 5.95 Å². The van der Waals surface area contributed by atoms with Gasteiger partial charge in [-0.25, -0.2) is 0 Å². The first kappa shape index (κ1) is 12.6. The lowest BCUT2D eigenvalue weighted by molar-refractivity contribution is 0.196. The number of hydrogen-bond donors (Lipinski definition) is 2. The van der Waals surface area contributed by atoms with E-state index in [4.69, 9.17) is 4.74 Å². The van der Waals surface area contributed by atoms with Crippen molar-refractivity contribution in [2.45, 2.75) is 6.42 Å². The minimum absolute atomic E-state index is 0.584. The minimum atomic E-state index is 0.584. The summed E-state index contributed by atoms with van der Waals surface area (Å²) in [6.45, 7) is 1.61. The van der Waals surface area contributed by atoms with E-state index in [9.17, 15) is 0 Å². The molecule has 0 amide bonds. The lowest BCUT2D eigenvalue weighted by Crippen LogP contribution is -2.21. The maximum atomic E-state index is 5.06. The van der Waals surface area contributed by atoms with Gasteiger partial charge in [0.2, 0.25) is 5.95 Å². The molecule has 0 atom stereocenters. The van der Waals surface area contributed by atoms with Crippen LogP contribution in [-0.2, 0) is 4.74 Å². The standard InChI is InChI=1S/C11H18N6O/c1-12-11-14-9-8(7-13-16-9)10(15-11)17(2)5-4-6-18-3/h7H,4-6H2,1-3H3,(H2,12,13,14,15,16). The SMILES string of the molecule is CNc1nc(N(C)CCCOC)c2cn[nH]c2n1.